The van der Waals surface area contributed by atoms with Crippen molar-refractivity contribution in [3.8, 4) is 5.75 Å². The summed E-state index contributed by atoms with van der Waals surface area (Å²) in [6.07, 6.45) is 0.736. The molecule has 0 bridgehead atoms. The third-order valence-electron chi connectivity index (χ3n) is 4.25. The first-order valence-corrected chi connectivity index (χ1v) is 11.0. The zero-order valence-electron chi connectivity index (χ0n) is 17.0. The van der Waals surface area contributed by atoms with Crippen molar-refractivity contribution in [2.24, 2.45) is 0 Å². The predicted octanol–water partition coefficient (Wildman–Crippen LogP) is 3.03. The molecule has 0 aromatic heterocycles. The number of rotatable bonds is 11. The van der Waals surface area contributed by atoms with Gasteiger partial charge in [0.05, 0.1) is 4.90 Å². The SMILES string of the molecule is CCOCCCNC(=O)COc1ccc(S(=O)(=O)Nc2ccc(C)c(C)c2)cc1. The lowest BCUT2D eigenvalue weighted by Gasteiger charge is -2.11. The zero-order valence-corrected chi connectivity index (χ0v) is 17.8. The van der Waals surface area contributed by atoms with E-state index in [0.717, 1.165) is 17.5 Å². The van der Waals surface area contributed by atoms with Gasteiger partial charge in [-0.2, -0.15) is 0 Å². The molecule has 0 fully saturated rings. The van der Waals surface area contributed by atoms with E-state index in [1.54, 1.807) is 12.1 Å². The Labute approximate surface area is 172 Å². The summed E-state index contributed by atoms with van der Waals surface area (Å²) in [5, 5.41) is 2.73. The number of ether oxygens (including phenoxy) is 2. The number of hydrogen-bond acceptors (Lipinski definition) is 5. The molecule has 2 aromatic rings. The molecule has 0 aliphatic rings. The number of carbonyl (C=O) groups excluding carboxylic acids is 1. The van der Waals surface area contributed by atoms with Crippen molar-refractivity contribution in [3.05, 3.63) is 53.6 Å². The molecule has 0 spiro atoms. The fourth-order valence-corrected chi connectivity index (χ4v) is 3.53. The van der Waals surface area contributed by atoms with E-state index in [4.69, 9.17) is 9.47 Å². The normalized spacial score (nSPS) is 11.1. The van der Waals surface area contributed by atoms with E-state index in [-0.39, 0.29) is 17.4 Å². The summed E-state index contributed by atoms with van der Waals surface area (Å²) in [4.78, 5) is 11.9. The van der Waals surface area contributed by atoms with Crippen molar-refractivity contribution in [1.82, 2.24) is 5.32 Å². The van der Waals surface area contributed by atoms with Gasteiger partial charge in [0.25, 0.3) is 15.9 Å². The number of nitrogens with one attached hydrogen (secondary N) is 2. The first-order chi connectivity index (χ1) is 13.8. The Kier molecular flexibility index (Phi) is 8.48. The number of benzene rings is 2. The summed E-state index contributed by atoms with van der Waals surface area (Å²) >= 11 is 0. The Hall–Kier alpha value is -2.58. The number of amides is 1. The molecule has 2 rings (SSSR count). The molecule has 1 amide bonds. The number of aryl methyl sites for hydroxylation is 2. The van der Waals surface area contributed by atoms with Gasteiger partial charge in [-0.3, -0.25) is 9.52 Å². The molecule has 0 atom stereocenters. The first-order valence-electron chi connectivity index (χ1n) is 9.49. The van der Waals surface area contributed by atoms with E-state index in [1.807, 2.05) is 26.8 Å². The highest BCUT2D eigenvalue weighted by atomic mass is 32.2. The van der Waals surface area contributed by atoms with E-state index >= 15 is 0 Å². The Morgan fingerprint density at radius 1 is 1.03 bits per heavy atom. The van der Waals surface area contributed by atoms with Gasteiger partial charge < -0.3 is 14.8 Å². The van der Waals surface area contributed by atoms with Gasteiger partial charge in [-0.05, 0) is 74.7 Å². The van der Waals surface area contributed by atoms with Crippen LogP contribution in [0, 0.1) is 13.8 Å². The molecule has 8 heteroatoms. The van der Waals surface area contributed by atoms with Crippen molar-refractivity contribution in [2.75, 3.05) is 31.1 Å². The molecule has 0 unspecified atom stereocenters. The zero-order chi connectivity index (χ0) is 21.3. The molecule has 29 heavy (non-hydrogen) atoms. The number of sulfonamides is 1. The Morgan fingerprint density at radius 3 is 2.41 bits per heavy atom. The Balaban J connectivity index is 1.87. The quantitative estimate of drug-likeness (QED) is 0.545. The van der Waals surface area contributed by atoms with Crippen molar-refractivity contribution < 1.29 is 22.7 Å². The smallest absolute Gasteiger partial charge is 0.261 e. The molecule has 7 nitrogen and oxygen atoms in total. The number of hydrogen-bond donors (Lipinski definition) is 2. The van der Waals surface area contributed by atoms with E-state index in [9.17, 15) is 13.2 Å². The number of anilines is 1. The summed E-state index contributed by atoms with van der Waals surface area (Å²) in [5.74, 6) is 0.175. The van der Waals surface area contributed by atoms with Crippen molar-refractivity contribution in [2.45, 2.75) is 32.1 Å². The summed E-state index contributed by atoms with van der Waals surface area (Å²) in [6, 6.07) is 11.3. The highest BCUT2D eigenvalue weighted by molar-refractivity contribution is 7.92. The van der Waals surface area contributed by atoms with E-state index < -0.39 is 10.0 Å². The molecule has 0 aliphatic carbocycles. The molecule has 0 saturated carbocycles. The van der Waals surface area contributed by atoms with E-state index in [1.165, 1.54) is 24.3 Å². The minimum Gasteiger partial charge on any atom is -0.484 e. The molecule has 2 aromatic carbocycles. The molecular weight excluding hydrogens is 392 g/mol. The molecule has 0 aliphatic heterocycles. The minimum atomic E-state index is -3.71. The topological polar surface area (TPSA) is 93.7 Å². The van der Waals surface area contributed by atoms with Gasteiger partial charge in [-0.15, -0.1) is 0 Å². The second-order valence-electron chi connectivity index (χ2n) is 6.57. The van der Waals surface area contributed by atoms with Gasteiger partial charge in [-0.25, -0.2) is 8.42 Å². The second-order valence-corrected chi connectivity index (χ2v) is 8.25. The van der Waals surface area contributed by atoms with Gasteiger partial charge >= 0.3 is 0 Å². The second kappa shape index (κ2) is 10.8. The van der Waals surface area contributed by atoms with Crippen LogP contribution >= 0.6 is 0 Å². The van der Waals surface area contributed by atoms with Crippen LogP contribution in [0.15, 0.2) is 47.4 Å². The van der Waals surface area contributed by atoms with Crippen LogP contribution in [0.2, 0.25) is 0 Å². The van der Waals surface area contributed by atoms with Gasteiger partial charge in [0.15, 0.2) is 6.61 Å². The lowest BCUT2D eigenvalue weighted by Crippen LogP contribution is -2.30. The standard InChI is InChI=1S/C21H28N2O5S/c1-4-27-13-5-12-22-21(24)15-28-19-8-10-20(11-9-19)29(25,26)23-18-7-6-16(2)17(3)14-18/h6-11,14,23H,4-5,12-13,15H2,1-3H3,(H,22,24). The van der Waals surface area contributed by atoms with Gasteiger partial charge in [0.1, 0.15) is 5.75 Å². The fourth-order valence-electron chi connectivity index (χ4n) is 2.48. The molecule has 0 saturated heterocycles. The molecule has 158 valence electrons. The highest BCUT2D eigenvalue weighted by Crippen LogP contribution is 2.21. The lowest BCUT2D eigenvalue weighted by atomic mass is 10.1. The number of carbonyl (C=O) groups is 1. The maximum Gasteiger partial charge on any atom is 0.261 e. The maximum absolute atomic E-state index is 12.5. The molecule has 0 heterocycles. The summed E-state index contributed by atoms with van der Waals surface area (Å²) in [7, 11) is -3.71. The van der Waals surface area contributed by atoms with Crippen LogP contribution in [0.25, 0.3) is 0 Å². The van der Waals surface area contributed by atoms with Gasteiger partial charge in [0, 0.05) is 25.4 Å². The largest absolute Gasteiger partial charge is 0.484 e. The summed E-state index contributed by atoms with van der Waals surface area (Å²) in [5.41, 5.74) is 2.60. The third kappa shape index (κ3) is 7.40. The molecule has 0 radical (unpaired) electrons. The van der Waals surface area contributed by atoms with Crippen LogP contribution in [-0.4, -0.2) is 40.7 Å². The maximum atomic E-state index is 12.5. The van der Waals surface area contributed by atoms with Gasteiger partial charge in [-0.1, -0.05) is 6.07 Å². The van der Waals surface area contributed by atoms with Crippen LogP contribution < -0.4 is 14.8 Å². The van der Waals surface area contributed by atoms with Gasteiger partial charge in [0.2, 0.25) is 0 Å². The monoisotopic (exact) mass is 420 g/mol. The van der Waals surface area contributed by atoms with Crippen molar-refractivity contribution in [3.63, 3.8) is 0 Å². The van der Waals surface area contributed by atoms with Crippen LogP contribution in [0.5, 0.6) is 5.75 Å². The summed E-state index contributed by atoms with van der Waals surface area (Å²) < 4.78 is 38.2. The highest BCUT2D eigenvalue weighted by Gasteiger charge is 2.14. The fraction of sp³-hybridized carbons (Fsp3) is 0.381. The van der Waals surface area contributed by atoms with Crippen LogP contribution in [0.4, 0.5) is 5.69 Å². The van der Waals surface area contributed by atoms with Crippen molar-refractivity contribution >= 4 is 21.6 Å². The molecular formula is C21H28N2O5S. The van der Waals surface area contributed by atoms with Crippen LogP contribution in [0.3, 0.4) is 0 Å². The minimum absolute atomic E-state index is 0.114. The Morgan fingerprint density at radius 2 is 1.76 bits per heavy atom. The van der Waals surface area contributed by atoms with E-state index in [0.29, 0.717) is 31.2 Å². The average Bonchev–Trinajstić information content (AvgIpc) is 2.69. The lowest BCUT2D eigenvalue weighted by molar-refractivity contribution is -0.123. The van der Waals surface area contributed by atoms with Crippen LogP contribution in [0.1, 0.15) is 24.5 Å². The van der Waals surface area contributed by atoms with E-state index in [2.05, 4.69) is 10.0 Å². The summed E-state index contributed by atoms with van der Waals surface area (Å²) in [6.45, 7) is 7.45. The molecule has 2 N–H and O–H groups in total. The average molecular weight is 421 g/mol. The first kappa shape index (κ1) is 22.7. The Bertz CT molecular complexity index is 911. The van der Waals surface area contributed by atoms with Crippen LogP contribution in [-0.2, 0) is 19.6 Å². The van der Waals surface area contributed by atoms with Crippen molar-refractivity contribution in [1.29, 1.82) is 0 Å². The predicted molar refractivity (Wildman–Crippen MR) is 113 cm³/mol. The third-order valence-corrected chi connectivity index (χ3v) is 5.65.